The minimum atomic E-state index is -1.82. The second-order valence-corrected chi connectivity index (χ2v) is 12.5. The Bertz CT molecular complexity index is 719. The van der Waals surface area contributed by atoms with Crippen molar-refractivity contribution < 1.29 is 13.7 Å². The molecule has 4 nitrogen and oxygen atoms in total. The summed E-state index contributed by atoms with van der Waals surface area (Å²) >= 11 is 6.19. The lowest BCUT2D eigenvalue weighted by Gasteiger charge is -2.36. The predicted molar refractivity (Wildman–Crippen MR) is 99.2 cm³/mol. The van der Waals surface area contributed by atoms with Gasteiger partial charge in [-0.05, 0) is 24.2 Å². The van der Waals surface area contributed by atoms with E-state index in [2.05, 4.69) is 39.0 Å². The average Bonchev–Trinajstić information content (AvgIpc) is 2.89. The molecule has 24 heavy (non-hydrogen) atoms. The molecule has 0 saturated heterocycles. The summed E-state index contributed by atoms with van der Waals surface area (Å²) in [5.41, 5.74) is 1.63. The van der Waals surface area contributed by atoms with Crippen molar-refractivity contribution >= 4 is 26.2 Å². The molecule has 0 amide bonds. The van der Waals surface area contributed by atoms with Crippen LogP contribution in [0.25, 0.3) is 11.3 Å². The number of carbonyl (C=O) groups excluding carboxylic acids is 1. The summed E-state index contributed by atoms with van der Waals surface area (Å²) in [7, 11) is -1.82. The molecule has 1 aromatic heterocycles. The molecule has 0 N–H and O–H groups in total. The van der Waals surface area contributed by atoms with Crippen LogP contribution in [0.15, 0.2) is 28.8 Å². The van der Waals surface area contributed by atoms with Crippen LogP contribution in [0.5, 0.6) is 0 Å². The zero-order valence-electron chi connectivity index (χ0n) is 14.9. The van der Waals surface area contributed by atoms with Crippen LogP contribution in [0.3, 0.4) is 0 Å². The topological polar surface area (TPSA) is 52.3 Å². The quantitative estimate of drug-likeness (QED) is 0.510. The van der Waals surface area contributed by atoms with Gasteiger partial charge in [0.2, 0.25) is 0 Å². The molecule has 0 aliphatic carbocycles. The van der Waals surface area contributed by atoms with Crippen LogP contribution in [-0.4, -0.2) is 26.4 Å². The monoisotopic (exact) mass is 365 g/mol. The highest BCUT2D eigenvalue weighted by Crippen LogP contribution is 2.37. The molecular formula is C18H24ClNO3Si. The molecule has 1 heterocycles. The fourth-order valence-corrected chi connectivity index (χ4v) is 3.37. The van der Waals surface area contributed by atoms with Gasteiger partial charge in [-0.3, -0.25) is 4.79 Å². The lowest BCUT2D eigenvalue weighted by molar-refractivity contribution is 0.112. The van der Waals surface area contributed by atoms with E-state index in [1.165, 1.54) is 0 Å². The Kier molecular flexibility index (Phi) is 5.68. The number of nitrogens with zero attached hydrogens (tertiary/aromatic N) is 1. The molecule has 0 fully saturated rings. The van der Waals surface area contributed by atoms with Gasteiger partial charge in [0.1, 0.15) is 11.5 Å². The van der Waals surface area contributed by atoms with Crippen molar-refractivity contribution in [2.24, 2.45) is 0 Å². The summed E-state index contributed by atoms with van der Waals surface area (Å²) in [6.45, 7) is 11.5. The third kappa shape index (κ3) is 3.96. The second kappa shape index (κ2) is 7.21. The van der Waals surface area contributed by atoms with Crippen LogP contribution in [0.1, 0.15) is 36.9 Å². The van der Waals surface area contributed by atoms with E-state index in [9.17, 15) is 4.79 Å². The molecule has 0 radical (unpaired) electrons. The molecule has 1 aromatic carbocycles. The highest BCUT2D eigenvalue weighted by atomic mass is 35.5. The van der Waals surface area contributed by atoms with Crippen LogP contribution in [0.2, 0.25) is 23.2 Å². The number of carbonyl (C=O) groups is 1. The van der Waals surface area contributed by atoms with Gasteiger partial charge in [-0.25, -0.2) is 0 Å². The summed E-state index contributed by atoms with van der Waals surface area (Å²) in [5.74, 6) is 0.540. The number of benzene rings is 1. The van der Waals surface area contributed by atoms with Crippen molar-refractivity contribution in [3.8, 4) is 11.3 Å². The Hall–Kier alpha value is -1.43. The van der Waals surface area contributed by atoms with Gasteiger partial charge < -0.3 is 8.95 Å². The number of halogens is 1. The number of hydrogen-bond acceptors (Lipinski definition) is 4. The number of aldehydes is 1. The van der Waals surface area contributed by atoms with E-state index < -0.39 is 8.32 Å². The fraction of sp³-hybridized carbons (Fsp3) is 0.444. The van der Waals surface area contributed by atoms with Crippen molar-refractivity contribution in [3.63, 3.8) is 0 Å². The van der Waals surface area contributed by atoms with Gasteiger partial charge in [-0.1, -0.05) is 55.7 Å². The molecule has 0 atom stereocenters. The van der Waals surface area contributed by atoms with Crippen LogP contribution in [0, 0.1) is 0 Å². The summed E-state index contributed by atoms with van der Waals surface area (Å²) in [6.07, 6.45) is 1.29. The van der Waals surface area contributed by atoms with Crippen LogP contribution >= 0.6 is 11.6 Å². The molecule has 0 aliphatic rings. The summed E-state index contributed by atoms with van der Waals surface area (Å²) < 4.78 is 11.5. The lowest BCUT2D eigenvalue weighted by Crippen LogP contribution is -2.41. The number of hydrogen-bond donors (Lipinski definition) is 0. The fourth-order valence-electron chi connectivity index (χ4n) is 2.10. The number of aromatic nitrogens is 1. The Labute approximate surface area is 149 Å². The third-order valence-corrected chi connectivity index (χ3v) is 9.52. The van der Waals surface area contributed by atoms with Crippen LogP contribution in [-0.2, 0) is 10.8 Å². The Balaban J connectivity index is 2.16. The van der Waals surface area contributed by atoms with E-state index in [1.54, 1.807) is 6.07 Å². The van der Waals surface area contributed by atoms with E-state index >= 15 is 0 Å². The largest absolute Gasteiger partial charge is 0.416 e. The van der Waals surface area contributed by atoms with E-state index in [4.69, 9.17) is 20.6 Å². The van der Waals surface area contributed by atoms with Gasteiger partial charge in [0.15, 0.2) is 14.6 Å². The normalized spacial score (nSPS) is 12.4. The summed E-state index contributed by atoms with van der Waals surface area (Å²) in [5, 5.41) is 4.73. The first kappa shape index (κ1) is 18.9. The summed E-state index contributed by atoms with van der Waals surface area (Å²) in [6, 6.07) is 7.27. The van der Waals surface area contributed by atoms with Crippen molar-refractivity contribution in [1.82, 2.24) is 5.16 Å². The average molecular weight is 366 g/mol. The van der Waals surface area contributed by atoms with Crippen molar-refractivity contribution in [2.45, 2.75) is 45.3 Å². The first-order valence-corrected chi connectivity index (χ1v) is 11.3. The zero-order chi connectivity index (χ0) is 18.0. The molecule has 0 bridgehead atoms. The van der Waals surface area contributed by atoms with E-state index in [-0.39, 0.29) is 5.04 Å². The van der Waals surface area contributed by atoms with E-state index in [0.29, 0.717) is 40.6 Å². The van der Waals surface area contributed by atoms with Gasteiger partial charge in [-0.15, -0.1) is 0 Å². The molecule has 0 spiro atoms. The maximum Gasteiger partial charge on any atom is 0.191 e. The highest BCUT2D eigenvalue weighted by molar-refractivity contribution is 6.74. The maximum absolute atomic E-state index is 11.5. The lowest BCUT2D eigenvalue weighted by atomic mass is 10.1. The van der Waals surface area contributed by atoms with Gasteiger partial charge in [0.05, 0.1) is 10.6 Å². The molecule has 2 aromatic rings. The van der Waals surface area contributed by atoms with Crippen molar-refractivity contribution in [3.05, 3.63) is 40.6 Å². The maximum atomic E-state index is 11.5. The van der Waals surface area contributed by atoms with E-state index in [1.807, 2.05) is 18.2 Å². The minimum absolute atomic E-state index is 0.143. The molecular weight excluding hydrogens is 342 g/mol. The molecule has 130 valence electrons. The Morgan fingerprint density at radius 1 is 1.29 bits per heavy atom. The number of rotatable bonds is 6. The zero-order valence-corrected chi connectivity index (χ0v) is 16.6. The van der Waals surface area contributed by atoms with Gasteiger partial charge in [-0.2, -0.15) is 0 Å². The first-order chi connectivity index (χ1) is 11.2. The first-order valence-electron chi connectivity index (χ1n) is 8.00. The van der Waals surface area contributed by atoms with Crippen molar-refractivity contribution in [1.29, 1.82) is 0 Å². The van der Waals surface area contributed by atoms with E-state index in [0.717, 1.165) is 6.29 Å². The third-order valence-electron chi connectivity index (χ3n) is 4.65. The predicted octanol–water partition coefficient (Wildman–Crippen LogP) is 5.37. The molecule has 0 unspecified atom stereocenters. The highest BCUT2D eigenvalue weighted by Gasteiger charge is 2.37. The van der Waals surface area contributed by atoms with Crippen LogP contribution in [0.4, 0.5) is 0 Å². The van der Waals surface area contributed by atoms with Gasteiger partial charge in [0.25, 0.3) is 0 Å². The molecule has 0 saturated carbocycles. The Morgan fingerprint density at radius 2 is 1.96 bits per heavy atom. The standard InChI is InChI=1S/C18H24ClNO3Si/c1-18(2,3)24(4,5)22-11-10-16-14(12-21)17(20-23-16)13-8-6-7-9-15(13)19/h6-9,12H,10-11H2,1-5H3. The molecule has 6 heteroatoms. The smallest absolute Gasteiger partial charge is 0.191 e. The molecule has 0 aliphatic heterocycles. The van der Waals surface area contributed by atoms with Crippen molar-refractivity contribution in [2.75, 3.05) is 6.61 Å². The molecule has 2 rings (SSSR count). The van der Waals surface area contributed by atoms with Gasteiger partial charge >= 0.3 is 0 Å². The van der Waals surface area contributed by atoms with Crippen LogP contribution < -0.4 is 0 Å². The summed E-state index contributed by atoms with van der Waals surface area (Å²) in [4.78, 5) is 11.5. The Morgan fingerprint density at radius 3 is 2.54 bits per heavy atom. The SMILES string of the molecule is CC(C)(C)[Si](C)(C)OCCc1onc(-c2ccccc2Cl)c1C=O. The second-order valence-electron chi connectivity index (χ2n) is 7.32. The minimum Gasteiger partial charge on any atom is -0.416 e. The van der Waals surface area contributed by atoms with Gasteiger partial charge in [0, 0.05) is 18.6 Å².